The standard InChI is InChI=1S/C28H32N2O5/c1-17(10-13-26(31)30-15-18-11-12-25(30)23(14-18)27(32)33)29-28(34)35-16-24-21-8-4-2-6-19(21)20-7-3-5-9-22(20)24/h2-9,17-18,23-25H,10-16H2,1H3,(H,29,34)(H,32,33). The van der Waals surface area contributed by atoms with Crippen LogP contribution in [0.25, 0.3) is 11.1 Å². The maximum absolute atomic E-state index is 12.9. The lowest BCUT2D eigenvalue weighted by atomic mass is 9.72. The van der Waals surface area contributed by atoms with E-state index in [0.29, 0.717) is 19.4 Å². The number of aliphatic carboxylic acids is 1. The summed E-state index contributed by atoms with van der Waals surface area (Å²) in [6.07, 6.45) is 2.70. The van der Waals surface area contributed by atoms with Crippen LogP contribution >= 0.6 is 0 Å². The molecule has 2 aliphatic carbocycles. The zero-order valence-corrected chi connectivity index (χ0v) is 20.0. The molecule has 3 fully saturated rings. The molecule has 2 bridgehead atoms. The lowest BCUT2D eigenvalue weighted by Crippen LogP contribution is -2.57. The molecule has 0 radical (unpaired) electrons. The molecule has 2 aromatic rings. The van der Waals surface area contributed by atoms with Crippen molar-refractivity contribution in [1.82, 2.24) is 10.2 Å². The predicted octanol–water partition coefficient (Wildman–Crippen LogP) is 4.41. The number of fused-ring (bicyclic) bond motifs is 6. The Kier molecular flexibility index (Phi) is 6.50. The Morgan fingerprint density at radius 2 is 1.71 bits per heavy atom. The van der Waals surface area contributed by atoms with Gasteiger partial charge in [-0.25, -0.2) is 4.79 Å². The van der Waals surface area contributed by atoms with Gasteiger partial charge in [0.1, 0.15) is 6.61 Å². The molecule has 0 spiro atoms. The summed E-state index contributed by atoms with van der Waals surface area (Å²) in [7, 11) is 0. The first-order chi connectivity index (χ1) is 16.9. The number of carboxylic acid groups (broad SMARTS) is 1. The second kappa shape index (κ2) is 9.72. The molecule has 2 heterocycles. The van der Waals surface area contributed by atoms with Crippen LogP contribution in [0.4, 0.5) is 4.79 Å². The van der Waals surface area contributed by atoms with Gasteiger partial charge in [0.25, 0.3) is 0 Å². The average molecular weight is 477 g/mol. The fourth-order valence-corrected chi connectivity index (χ4v) is 6.14. The van der Waals surface area contributed by atoms with E-state index >= 15 is 0 Å². The number of hydrogen-bond donors (Lipinski definition) is 2. The number of hydrogen-bond acceptors (Lipinski definition) is 4. The van der Waals surface area contributed by atoms with Crippen molar-refractivity contribution >= 4 is 18.0 Å². The van der Waals surface area contributed by atoms with Crippen molar-refractivity contribution in [2.24, 2.45) is 11.8 Å². The van der Waals surface area contributed by atoms with Crippen LogP contribution in [0.5, 0.6) is 0 Å². The summed E-state index contributed by atoms with van der Waals surface area (Å²) >= 11 is 0. The number of alkyl carbamates (subject to hydrolysis) is 1. The molecule has 2 saturated heterocycles. The van der Waals surface area contributed by atoms with Crippen molar-refractivity contribution in [3.63, 3.8) is 0 Å². The highest BCUT2D eigenvalue weighted by molar-refractivity contribution is 5.80. The van der Waals surface area contributed by atoms with Gasteiger partial charge in [-0.1, -0.05) is 48.5 Å². The summed E-state index contributed by atoms with van der Waals surface area (Å²) in [6, 6.07) is 16.0. The third-order valence-corrected chi connectivity index (χ3v) is 7.91. The molecule has 7 nitrogen and oxygen atoms in total. The normalized spacial score (nSPS) is 23.3. The van der Waals surface area contributed by atoms with Gasteiger partial charge in [-0.3, -0.25) is 9.59 Å². The fraction of sp³-hybridized carbons (Fsp3) is 0.464. The third kappa shape index (κ3) is 4.64. The molecule has 1 saturated carbocycles. The van der Waals surface area contributed by atoms with E-state index in [0.717, 1.165) is 24.0 Å². The zero-order valence-electron chi connectivity index (χ0n) is 20.0. The summed E-state index contributed by atoms with van der Waals surface area (Å²) in [5.41, 5.74) is 4.69. The topological polar surface area (TPSA) is 95.9 Å². The second-order valence-corrected chi connectivity index (χ2v) is 10.1. The molecular weight excluding hydrogens is 444 g/mol. The monoisotopic (exact) mass is 476 g/mol. The van der Waals surface area contributed by atoms with Gasteiger partial charge in [0.2, 0.25) is 5.91 Å². The van der Waals surface area contributed by atoms with Crippen LogP contribution in [0.3, 0.4) is 0 Å². The highest BCUT2D eigenvalue weighted by Gasteiger charge is 2.45. The number of benzene rings is 2. The SMILES string of the molecule is CC(CCC(=O)N1CC2CCC1C(C(=O)O)C2)NC(=O)OCC1c2ccccc2-c2ccccc21. The minimum Gasteiger partial charge on any atom is -0.481 e. The molecule has 0 aromatic heterocycles. The molecule has 7 heteroatoms. The zero-order chi connectivity index (χ0) is 24.5. The van der Waals surface area contributed by atoms with E-state index in [-0.39, 0.29) is 42.9 Å². The van der Waals surface area contributed by atoms with E-state index in [9.17, 15) is 19.5 Å². The van der Waals surface area contributed by atoms with Gasteiger partial charge in [0, 0.05) is 31.0 Å². The number of ether oxygens (including phenoxy) is 1. The fourth-order valence-electron chi connectivity index (χ4n) is 6.14. The average Bonchev–Trinajstić information content (AvgIpc) is 3.20. The van der Waals surface area contributed by atoms with Gasteiger partial charge in [-0.05, 0) is 60.8 Å². The number of carboxylic acids is 1. The van der Waals surface area contributed by atoms with E-state index in [1.807, 2.05) is 31.2 Å². The molecule has 184 valence electrons. The van der Waals surface area contributed by atoms with Crippen LogP contribution in [-0.4, -0.2) is 53.2 Å². The molecule has 6 rings (SSSR count). The second-order valence-electron chi connectivity index (χ2n) is 10.1. The Morgan fingerprint density at radius 1 is 1.06 bits per heavy atom. The Labute approximate surface area is 205 Å². The van der Waals surface area contributed by atoms with E-state index < -0.39 is 18.0 Å². The summed E-state index contributed by atoms with van der Waals surface area (Å²) in [5, 5.41) is 12.4. The van der Waals surface area contributed by atoms with Gasteiger partial charge in [-0.2, -0.15) is 0 Å². The highest BCUT2D eigenvalue weighted by atomic mass is 16.5. The molecule has 35 heavy (non-hydrogen) atoms. The summed E-state index contributed by atoms with van der Waals surface area (Å²) < 4.78 is 5.60. The van der Waals surface area contributed by atoms with E-state index in [4.69, 9.17) is 4.74 Å². The van der Waals surface area contributed by atoms with Crippen LogP contribution < -0.4 is 5.32 Å². The van der Waals surface area contributed by atoms with Gasteiger partial charge in [-0.15, -0.1) is 0 Å². The lowest BCUT2D eigenvalue weighted by Gasteiger charge is -2.48. The number of nitrogens with one attached hydrogen (secondary N) is 1. The Hall–Kier alpha value is -3.35. The first-order valence-electron chi connectivity index (χ1n) is 12.6. The van der Waals surface area contributed by atoms with Gasteiger partial charge in [0.05, 0.1) is 5.92 Å². The number of piperidine rings is 2. The van der Waals surface area contributed by atoms with E-state index in [1.54, 1.807) is 4.90 Å². The first kappa shape index (κ1) is 23.4. The molecule has 2 N–H and O–H groups in total. The Morgan fingerprint density at radius 3 is 2.34 bits per heavy atom. The molecule has 4 unspecified atom stereocenters. The van der Waals surface area contributed by atoms with Gasteiger partial charge in [0.15, 0.2) is 0 Å². The van der Waals surface area contributed by atoms with Crippen molar-refractivity contribution in [2.75, 3.05) is 13.2 Å². The van der Waals surface area contributed by atoms with Crippen LogP contribution in [0.15, 0.2) is 48.5 Å². The number of nitrogens with zero attached hydrogens (tertiary/aromatic N) is 1. The van der Waals surface area contributed by atoms with Crippen LogP contribution in [0, 0.1) is 11.8 Å². The first-order valence-corrected chi connectivity index (χ1v) is 12.6. The van der Waals surface area contributed by atoms with Crippen molar-refractivity contribution in [2.45, 2.75) is 57.0 Å². The number of amides is 2. The van der Waals surface area contributed by atoms with Crippen molar-refractivity contribution < 1.29 is 24.2 Å². The van der Waals surface area contributed by atoms with Crippen molar-refractivity contribution in [3.05, 3.63) is 59.7 Å². The largest absolute Gasteiger partial charge is 0.481 e. The number of carbonyl (C=O) groups is 3. The van der Waals surface area contributed by atoms with E-state index in [2.05, 4.69) is 29.6 Å². The third-order valence-electron chi connectivity index (χ3n) is 7.91. The minimum atomic E-state index is -0.803. The van der Waals surface area contributed by atoms with Crippen LogP contribution in [-0.2, 0) is 14.3 Å². The van der Waals surface area contributed by atoms with Gasteiger partial charge < -0.3 is 20.1 Å². The highest BCUT2D eigenvalue weighted by Crippen LogP contribution is 2.44. The smallest absolute Gasteiger partial charge is 0.407 e. The summed E-state index contributed by atoms with van der Waals surface area (Å²) in [6.45, 7) is 2.76. The molecule has 4 atom stereocenters. The molecular formula is C28H32N2O5. The molecule has 2 amide bonds. The van der Waals surface area contributed by atoms with Crippen LogP contribution in [0.1, 0.15) is 56.1 Å². The molecule has 4 aliphatic rings. The van der Waals surface area contributed by atoms with Crippen molar-refractivity contribution in [1.29, 1.82) is 0 Å². The minimum absolute atomic E-state index is 0.00161. The number of carbonyl (C=O) groups excluding carboxylic acids is 2. The molecule has 2 aliphatic heterocycles. The van der Waals surface area contributed by atoms with Crippen LogP contribution in [0.2, 0.25) is 0 Å². The molecule has 2 aromatic carbocycles. The summed E-state index contributed by atoms with van der Waals surface area (Å²) in [5.74, 6) is -1.000. The lowest BCUT2D eigenvalue weighted by molar-refractivity contribution is -0.155. The Balaban J connectivity index is 1.11. The maximum Gasteiger partial charge on any atom is 0.407 e. The predicted molar refractivity (Wildman–Crippen MR) is 131 cm³/mol. The maximum atomic E-state index is 12.9. The van der Waals surface area contributed by atoms with Gasteiger partial charge >= 0.3 is 12.1 Å². The number of rotatable bonds is 7. The Bertz CT molecular complexity index is 1090. The quantitative estimate of drug-likeness (QED) is 0.617. The summed E-state index contributed by atoms with van der Waals surface area (Å²) in [4.78, 5) is 38.7. The van der Waals surface area contributed by atoms with E-state index in [1.165, 1.54) is 11.1 Å². The van der Waals surface area contributed by atoms with Crippen molar-refractivity contribution in [3.8, 4) is 11.1 Å².